The quantitative estimate of drug-likeness (QED) is 0.423. The first kappa shape index (κ1) is 28.4. The third-order valence-corrected chi connectivity index (χ3v) is 5.80. The molecule has 0 amide bonds. The third kappa shape index (κ3) is 6.43. The Labute approximate surface area is 208 Å². The molecule has 0 fully saturated rings. The molecular weight excluding hydrogens is 474 g/mol. The van der Waals surface area contributed by atoms with Gasteiger partial charge in [-0.15, -0.1) is 42.9 Å². The van der Waals surface area contributed by atoms with Gasteiger partial charge in [0.2, 0.25) is 0 Å². The summed E-state index contributed by atoms with van der Waals surface area (Å²) in [4.78, 5) is 0. The fourth-order valence-electron chi connectivity index (χ4n) is 3.73. The van der Waals surface area contributed by atoms with Crippen LogP contribution in [0.1, 0.15) is 57.6 Å². The van der Waals surface area contributed by atoms with Crippen LogP contribution in [-0.4, -0.2) is 0 Å². The monoisotopic (exact) mass is 504 g/mol. The van der Waals surface area contributed by atoms with Crippen LogP contribution in [0.3, 0.4) is 0 Å². The molecule has 0 heterocycles. The Morgan fingerprint density at radius 2 is 1.72 bits per heavy atom. The van der Waals surface area contributed by atoms with Gasteiger partial charge in [-0.1, -0.05) is 61.3 Å². The van der Waals surface area contributed by atoms with Crippen molar-refractivity contribution in [3.05, 3.63) is 81.3 Å². The van der Waals surface area contributed by atoms with Crippen molar-refractivity contribution >= 4 is 36.5 Å². The van der Waals surface area contributed by atoms with Crippen molar-refractivity contribution in [1.82, 2.24) is 0 Å². The van der Waals surface area contributed by atoms with Crippen LogP contribution < -0.4 is 10.4 Å². The summed E-state index contributed by atoms with van der Waals surface area (Å²) < 4.78 is 0. The molecular formula is C26H32Cl2Zr. The Morgan fingerprint density at radius 3 is 2.28 bits per heavy atom. The van der Waals surface area contributed by atoms with E-state index in [1.807, 2.05) is 12.2 Å². The number of benzene rings is 1. The molecule has 4 rings (SSSR count). The van der Waals surface area contributed by atoms with Crippen molar-refractivity contribution in [2.75, 3.05) is 0 Å². The Hall–Kier alpha value is -0.617. The van der Waals surface area contributed by atoms with Gasteiger partial charge in [0, 0.05) is 0 Å². The van der Waals surface area contributed by atoms with Gasteiger partial charge in [0.15, 0.2) is 0 Å². The summed E-state index contributed by atoms with van der Waals surface area (Å²) in [6, 6.07) is 4.65. The Kier molecular flexibility index (Phi) is 12.0. The first-order chi connectivity index (χ1) is 12.4. The van der Waals surface area contributed by atoms with Crippen LogP contribution in [0, 0.1) is 31.4 Å². The average Bonchev–Trinajstić information content (AvgIpc) is 3.27. The van der Waals surface area contributed by atoms with Gasteiger partial charge < -0.3 is 0 Å². The molecule has 29 heavy (non-hydrogen) atoms. The molecule has 0 bridgehead atoms. The number of aryl methyl sites for hydroxylation is 2. The average molecular weight is 507 g/mol. The first-order valence-corrected chi connectivity index (χ1v) is 9.84. The first-order valence-electron chi connectivity index (χ1n) is 9.84. The minimum Gasteiger partial charge on any atom is -0.273 e. The number of unbranched alkanes of at least 4 members (excludes halogenated alkanes) is 1. The smallest absolute Gasteiger partial charge is 0.273 e. The van der Waals surface area contributed by atoms with Crippen LogP contribution in [0.4, 0.5) is 0 Å². The van der Waals surface area contributed by atoms with Crippen LogP contribution in [0.2, 0.25) is 0 Å². The van der Waals surface area contributed by atoms with Gasteiger partial charge in [-0.2, -0.15) is 23.8 Å². The molecule has 0 aliphatic heterocycles. The van der Waals surface area contributed by atoms with Gasteiger partial charge in [0.1, 0.15) is 0 Å². The van der Waals surface area contributed by atoms with E-state index < -0.39 is 0 Å². The topological polar surface area (TPSA) is 0 Å². The fourth-order valence-corrected chi connectivity index (χ4v) is 3.73. The summed E-state index contributed by atoms with van der Waals surface area (Å²) in [5.41, 5.74) is 6.99. The largest absolute Gasteiger partial charge is 2.00 e. The van der Waals surface area contributed by atoms with Crippen molar-refractivity contribution in [3.63, 3.8) is 0 Å². The predicted octanol–water partition coefficient (Wildman–Crippen LogP) is 6.28. The number of hydrogen-bond acceptors (Lipinski definition) is 0. The zero-order valence-corrected chi connectivity index (χ0v) is 22.3. The third-order valence-electron chi connectivity index (χ3n) is 5.80. The zero-order chi connectivity index (χ0) is 18.7. The van der Waals surface area contributed by atoms with E-state index in [9.17, 15) is 0 Å². The number of halogens is 2. The summed E-state index contributed by atoms with van der Waals surface area (Å²) in [6.07, 6.45) is 22.3. The van der Waals surface area contributed by atoms with Gasteiger partial charge in [-0.05, 0) is 37.3 Å². The van der Waals surface area contributed by atoms with Crippen LogP contribution >= 0.6 is 24.8 Å². The molecule has 3 aliphatic rings. The molecule has 0 radical (unpaired) electrons. The zero-order valence-electron chi connectivity index (χ0n) is 18.2. The van der Waals surface area contributed by atoms with Gasteiger partial charge in [0.25, 0.3) is 0 Å². The van der Waals surface area contributed by atoms with Crippen LogP contribution in [0.5, 0.6) is 0 Å². The second kappa shape index (κ2) is 12.3. The number of rotatable bonds is 3. The van der Waals surface area contributed by atoms with Crippen molar-refractivity contribution < 1.29 is 26.2 Å². The van der Waals surface area contributed by atoms with Crippen molar-refractivity contribution in [1.29, 1.82) is 0 Å². The number of allylic oxidation sites excluding steroid dienone is 8. The second-order valence-electron chi connectivity index (χ2n) is 7.89. The van der Waals surface area contributed by atoms with Crippen molar-refractivity contribution in [3.8, 4) is 0 Å². The molecule has 0 saturated carbocycles. The minimum atomic E-state index is 0. The van der Waals surface area contributed by atoms with Crippen LogP contribution in [-0.2, 0) is 26.2 Å². The molecule has 1 aromatic carbocycles. The minimum absolute atomic E-state index is 0. The SMILES string of the molecule is CCCCC1(C)[C-]=C2C=c3cc(C)c(C)cc3=C2C=C1C.Cl.Cl.[C-]1=CC=CC1.[Zr+2]. The molecule has 0 spiro atoms. The van der Waals surface area contributed by atoms with E-state index in [0.717, 1.165) is 6.42 Å². The van der Waals surface area contributed by atoms with E-state index >= 15 is 0 Å². The van der Waals surface area contributed by atoms with E-state index in [-0.39, 0.29) is 56.4 Å². The molecule has 0 nitrogen and oxygen atoms in total. The standard InChI is InChI=1S/C21H25.C5H5.2ClH.Zr/c1-6-7-8-21(5)13-18-12-17-9-14(2)15(3)10-19(17)20(18)11-16(21)4;1-2-4-5-3-1;;;/h9-12H,6-8H2,1-5H3;1-3H,4H2;2*1H;/q2*-1;;;+2. The summed E-state index contributed by atoms with van der Waals surface area (Å²) >= 11 is 0. The number of fused-ring (bicyclic) bond motifs is 2. The van der Waals surface area contributed by atoms with E-state index in [1.165, 1.54) is 57.5 Å². The maximum absolute atomic E-state index is 3.82. The molecule has 1 atom stereocenters. The molecule has 1 aromatic rings. The maximum atomic E-state index is 3.82. The molecule has 1 unspecified atom stereocenters. The predicted molar refractivity (Wildman–Crippen MR) is 127 cm³/mol. The molecule has 0 N–H and O–H groups in total. The van der Waals surface area contributed by atoms with Gasteiger partial charge in [-0.25, -0.2) is 12.2 Å². The fraction of sp³-hybridized carbons (Fsp3) is 0.385. The van der Waals surface area contributed by atoms with Crippen LogP contribution in [0.25, 0.3) is 11.6 Å². The Morgan fingerprint density at radius 1 is 1.03 bits per heavy atom. The molecule has 3 heteroatoms. The normalized spacial score (nSPS) is 19.8. The number of hydrogen-bond donors (Lipinski definition) is 0. The Bertz CT molecular complexity index is 938. The summed E-state index contributed by atoms with van der Waals surface area (Å²) in [7, 11) is 0. The van der Waals surface area contributed by atoms with Gasteiger partial charge in [-0.3, -0.25) is 6.08 Å². The molecule has 3 aliphatic carbocycles. The molecule has 0 saturated heterocycles. The van der Waals surface area contributed by atoms with Gasteiger partial charge >= 0.3 is 26.2 Å². The summed E-state index contributed by atoms with van der Waals surface area (Å²) in [6.45, 7) is 11.3. The van der Waals surface area contributed by atoms with Crippen LogP contribution in [0.15, 0.2) is 47.6 Å². The molecule has 154 valence electrons. The van der Waals surface area contributed by atoms with E-state index in [1.54, 1.807) is 0 Å². The van der Waals surface area contributed by atoms with E-state index in [0.29, 0.717) is 0 Å². The van der Waals surface area contributed by atoms with Crippen molar-refractivity contribution in [2.24, 2.45) is 5.41 Å². The van der Waals surface area contributed by atoms with E-state index in [2.05, 4.69) is 77.1 Å². The van der Waals surface area contributed by atoms with Gasteiger partial charge in [0.05, 0.1) is 0 Å². The molecule has 0 aromatic heterocycles. The second-order valence-corrected chi connectivity index (χ2v) is 7.89. The van der Waals surface area contributed by atoms with E-state index in [4.69, 9.17) is 0 Å². The summed E-state index contributed by atoms with van der Waals surface area (Å²) in [5, 5.41) is 2.75. The summed E-state index contributed by atoms with van der Waals surface area (Å²) in [5.74, 6) is 0. The maximum Gasteiger partial charge on any atom is 2.00 e. The Balaban J connectivity index is 0.000000863. The van der Waals surface area contributed by atoms with Crippen molar-refractivity contribution in [2.45, 2.75) is 60.3 Å².